The van der Waals surface area contributed by atoms with Gasteiger partial charge in [-0.2, -0.15) is 0 Å². The maximum atomic E-state index is 9.80. The van der Waals surface area contributed by atoms with Crippen LogP contribution in [0.5, 0.6) is 0 Å². The molecule has 0 fully saturated rings. The molecule has 8 N–H and O–H groups in total. The van der Waals surface area contributed by atoms with Crippen molar-refractivity contribution in [3.05, 3.63) is 35.9 Å². The van der Waals surface area contributed by atoms with E-state index >= 15 is 0 Å². The standard InChI is InChI=1S/C11H16O2.C10H22O7/c1-8(9(2)12)11(13)10-6-4-3-5-7-10;11-1-9(2-12,3-13)7-17-8-10(4-14,5-15)6-16/h3-9,11-13H,1-2H3;11-16H,1-8H2. The fourth-order valence-electron chi connectivity index (χ4n) is 2.28. The molecule has 3 unspecified atom stereocenters. The van der Waals surface area contributed by atoms with Gasteiger partial charge in [-0.05, 0) is 12.5 Å². The van der Waals surface area contributed by atoms with Gasteiger partial charge in [0.15, 0.2) is 0 Å². The average Bonchev–Trinajstić information content (AvgIpc) is 2.80. The Morgan fingerprint density at radius 2 is 1.07 bits per heavy atom. The number of hydrogen-bond donors (Lipinski definition) is 8. The highest BCUT2D eigenvalue weighted by Gasteiger charge is 2.32. The van der Waals surface area contributed by atoms with Crippen molar-refractivity contribution in [2.75, 3.05) is 52.9 Å². The van der Waals surface area contributed by atoms with Crippen molar-refractivity contribution in [3.63, 3.8) is 0 Å². The second-order valence-electron chi connectivity index (χ2n) is 7.90. The summed E-state index contributed by atoms with van der Waals surface area (Å²) in [4.78, 5) is 0. The third-order valence-electron chi connectivity index (χ3n) is 5.23. The van der Waals surface area contributed by atoms with E-state index in [1.807, 2.05) is 37.3 Å². The summed E-state index contributed by atoms with van der Waals surface area (Å²) >= 11 is 0. The van der Waals surface area contributed by atoms with Crippen molar-refractivity contribution < 1.29 is 45.6 Å². The smallest absolute Gasteiger partial charge is 0.0840 e. The molecule has 1 aromatic rings. The van der Waals surface area contributed by atoms with E-state index in [-0.39, 0.29) is 19.1 Å². The average molecular weight is 435 g/mol. The molecule has 30 heavy (non-hydrogen) atoms. The second kappa shape index (κ2) is 14.8. The van der Waals surface area contributed by atoms with Crippen LogP contribution >= 0.6 is 0 Å². The Balaban J connectivity index is 0.000000579. The van der Waals surface area contributed by atoms with E-state index in [1.165, 1.54) is 0 Å². The zero-order valence-corrected chi connectivity index (χ0v) is 17.8. The van der Waals surface area contributed by atoms with Crippen LogP contribution in [-0.4, -0.2) is 99.8 Å². The van der Waals surface area contributed by atoms with E-state index in [0.717, 1.165) is 5.56 Å². The Morgan fingerprint density at radius 1 is 0.700 bits per heavy atom. The van der Waals surface area contributed by atoms with Crippen LogP contribution < -0.4 is 0 Å². The van der Waals surface area contributed by atoms with E-state index in [2.05, 4.69) is 0 Å². The van der Waals surface area contributed by atoms with Crippen LogP contribution in [0.1, 0.15) is 25.5 Å². The molecule has 176 valence electrons. The van der Waals surface area contributed by atoms with Crippen molar-refractivity contribution in [2.24, 2.45) is 16.7 Å². The van der Waals surface area contributed by atoms with Crippen LogP contribution in [0.15, 0.2) is 30.3 Å². The summed E-state index contributed by atoms with van der Waals surface area (Å²) in [6.07, 6.45) is -1.07. The van der Waals surface area contributed by atoms with Crippen LogP contribution in [-0.2, 0) is 4.74 Å². The van der Waals surface area contributed by atoms with Crippen LogP contribution in [0.3, 0.4) is 0 Å². The number of ether oxygens (including phenoxy) is 1. The Labute approximate surface area is 177 Å². The molecule has 9 heteroatoms. The van der Waals surface area contributed by atoms with Crippen LogP contribution in [0, 0.1) is 16.7 Å². The highest BCUT2D eigenvalue weighted by atomic mass is 16.5. The van der Waals surface area contributed by atoms with Crippen LogP contribution in [0.25, 0.3) is 0 Å². The largest absolute Gasteiger partial charge is 0.396 e. The molecule has 0 amide bonds. The number of rotatable bonds is 13. The molecule has 0 heterocycles. The normalized spacial score (nSPS) is 15.1. The van der Waals surface area contributed by atoms with E-state index in [1.54, 1.807) is 6.92 Å². The van der Waals surface area contributed by atoms with Crippen molar-refractivity contribution >= 4 is 0 Å². The molecule has 0 aromatic heterocycles. The lowest BCUT2D eigenvalue weighted by molar-refractivity contribution is -0.103. The number of hydrogen-bond acceptors (Lipinski definition) is 9. The van der Waals surface area contributed by atoms with Gasteiger partial charge in [-0.1, -0.05) is 37.3 Å². The Morgan fingerprint density at radius 3 is 1.37 bits per heavy atom. The molecule has 3 atom stereocenters. The third kappa shape index (κ3) is 8.93. The van der Waals surface area contributed by atoms with Gasteiger partial charge in [0.2, 0.25) is 0 Å². The predicted molar refractivity (Wildman–Crippen MR) is 110 cm³/mol. The van der Waals surface area contributed by atoms with Gasteiger partial charge in [-0.3, -0.25) is 0 Å². The lowest BCUT2D eigenvalue weighted by atomic mass is 9.91. The molecule has 0 aliphatic heterocycles. The highest BCUT2D eigenvalue weighted by Crippen LogP contribution is 2.23. The number of benzene rings is 1. The van der Waals surface area contributed by atoms with E-state index in [9.17, 15) is 10.2 Å². The molecule has 0 aliphatic carbocycles. The molecule has 1 aromatic carbocycles. The molecule has 0 saturated heterocycles. The summed E-state index contributed by atoms with van der Waals surface area (Å²) in [6.45, 7) is 0.522. The molecular weight excluding hydrogens is 396 g/mol. The first kappa shape index (κ1) is 28.9. The number of aliphatic hydroxyl groups excluding tert-OH is 8. The molecule has 0 spiro atoms. The van der Waals surface area contributed by atoms with Gasteiger partial charge in [-0.15, -0.1) is 0 Å². The summed E-state index contributed by atoms with van der Waals surface area (Å²) in [5.41, 5.74) is -1.46. The third-order valence-corrected chi connectivity index (χ3v) is 5.23. The van der Waals surface area contributed by atoms with Crippen molar-refractivity contribution in [2.45, 2.75) is 26.1 Å². The van der Waals surface area contributed by atoms with Crippen LogP contribution in [0.4, 0.5) is 0 Å². The van der Waals surface area contributed by atoms with E-state index in [4.69, 9.17) is 35.4 Å². The van der Waals surface area contributed by atoms with Crippen molar-refractivity contribution in [1.82, 2.24) is 0 Å². The fraction of sp³-hybridized carbons (Fsp3) is 0.714. The lowest BCUT2D eigenvalue weighted by Gasteiger charge is -2.31. The molecule has 0 saturated carbocycles. The van der Waals surface area contributed by atoms with Crippen molar-refractivity contribution in [3.8, 4) is 0 Å². The Bertz CT molecular complexity index is 494. The van der Waals surface area contributed by atoms with Gasteiger partial charge in [0.25, 0.3) is 0 Å². The maximum Gasteiger partial charge on any atom is 0.0840 e. The summed E-state index contributed by atoms with van der Waals surface area (Å²) in [5.74, 6) is -0.137. The maximum absolute atomic E-state index is 9.80. The first-order valence-electron chi connectivity index (χ1n) is 9.84. The highest BCUT2D eigenvalue weighted by molar-refractivity contribution is 5.17. The summed E-state index contributed by atoms with van der Waals surface area (Å²) in [6, 6.07) is 9.40. The van der Waals surface area contributed by atoms with Gasteiger partial charge >= 0.3 is 0 Å². The zero-order valence-electron chi connectivity index (χ0n) is 17.8. The molecular formula is C21H38O9. The van der Waals surface area contributed by atoms with E-state index < -0.39 is 62.7 Å². The Hall–Kier alpha value is -1.14. The van der Waals surface area contributed by atoms with Gasteiger partial charge in [0.05, 0.1) is 75.9 Å². The molecule has 9 nitrogen and oxygen atoms in total. The monoisotopic (exact) mass is 434 g/mol. The predicted octanol–water partition coefficient (Wildman–Crippen LogP) is -1.33. The lowest BCUT2D eigenvalue weighted by Crippen LogP contribution is -2.43. The van der Waals surface area contributed by atoms with E-state index in [0.29, 0.717) is 0 Å². The van der Waals surface area contributed by atoms with Crippen LogP contribution in [0.2, 0.25) is 0 Å². The van der Waals surface area contributed by atoms with Gasteiger partial charge < -0.3 is 45.6 Å². The Kier molecular flexibility index (Phi) is 14.2. The first-order chi connectivity index (χ1) is 14.2. The van der Waals surface area contributed by atoms with Gasteiger partial charge in [0, 0.05) is 5.92 Å². The second-order valence-corrected chi connectivity index (χ2v) is 7.90. The fourth-order valence-corrected chi connectivity index (χ4v) is 2.28. The quantitative estimate of drug-likeness (QED) is 0.187. The summed E-state index contributed by atoms with van der Waals surface area (Å²) in [7, 11) is 0. The van der Waals surface area contributed by atoms with Crippen molar-refractivity contribution in [1.29, 1.82) is 0 Å². The zero-order chi connectivity index (χ0) is 23.2. The number of aliphatic hydroxyl groups is 8. The minimum Gasteiger partial charge on any atom is -0.396 e. The summed E-state index contributed by atoms with van der Waals surface area (Å²) < 4.78 is 5.15. The minimum atomic E-state index is -1.16. The summed E-state index contributed by atoms with van der Waals surface area (Å²) in [5, 5.41) is 73.3. The van der Waals surface area contributed by atoms with Gasteiger partial charge in [-0.25, -0.2) is 0 Å². The molecule has 0 radical (unpaired) electrons. The molecule has 0 bridgehead atoms. The first-order valence-corrected chi connectivity index (χ1v) is 9.84. The topological polar surface area (TPSA) is 171 Å². The molecule has 0 aliphatic rings. The minimum absolute atomic E-state index is 0.137. The molecule has 1 rings (SSSR count). The van der Waals surface area contributed by atoms with Gasteiger partial charge in [0.1, 0.15) is 0 Å². The SMILES string of the molecule is CC(O)C(C)C(O)c1ccccc1.OCC(CO)(CO)COCC(CO)(CO)CO.